The van der Waals surface area contributed by atoms with Crippen LogP contribution in [0.4, 0.5) is 8.78 Å². The number of benzene rings is 1. The highest BCUT2D eigenvalue weighted by Crippen LogP contribution is 2.37. The zero-order valence-corrected chi connectivity index (χ0v) is 16.6. The fraction of sp³-hybridized carbons (Fsp3) is 0.545. The van der Waals surface area contributed by atoms with Crippen LogP contribution in [0.25, 0.3) is 0 Å². The van der Waals surface area contributed by atoms with Gasteiger partial charge in [0.05, 0.1) is 0 Å². The van der Waals surface area contributed by atoms with Crippen LogP contribution in [0.5, 0.6) is 11.5 Å². The zero-order chi connectivity index (χ0) is 19.9. The summed E-state index contributed by atoms with van der Waals surface area (Å²) >= 11 is 0. The molecule has 1 unspecified atom stereocenters. The molecule has 0 fully saturated rings. The van der Waals surface area contributed by atoms with E-state index in [1.165, 1.54) is 0 Å². The number of hydrogen-bond donors (Lipinski definition) is 2. The van der Waals surface area contributed by atoms with Gasteiger partial charge in [0.2, 0.25) is 0 Å². The molecule has 0 aliphatic carbocycles. The number of halogens is 2. The largest absolute Gasteiger partial charge is 0.507 e. The van der Waals surface area contributed by atoms with Gasteiger partial charge in [-0.3, -0.25) is 0 Å². The predicted molar refractivity (Wildman–Crippen MR) is 104 cm³/mol. The van der Waals surface area contributed by atoms with Crippen LogP contribution in [0.15, 0.2) is 23.8 Å². The van der Waals surface area contributed by atoms with Gasteiger partial charge < -0.3 is 10.2 Å². The van der Waals surface area contributed by atoms with E-state index >= 15 is 0 Å². The molecule has 0 heterocycles. The van der Waals surface area contributed by atoms with E-state index < -0.39 is 6.08 Å². The van der Waals surface area contributed by atoms with E-state index in [9.17, 15) is 19.0 Å². The summed E-state index contributed by atoms with van der Waals surface area (Å²) in [6.07, 6.45) is 6.14. The molecule has 1 atom stereocenters. The Kier molecular flexibility index (Phi) is 8.83. The van der Waals surface area contributed by atoms with Crippen molar-refractivity contribution in [2.75, 3.05) is 0 Å². The first-order valence-corrected chi connectivity index (χ1v) is 9.32. The first-order valence-electron chi connectivity index (χ1n) is 9.32. The molecular formula is C22H32F2O2. The number of phenols is 2. The Morgan fingerprint density at radius 3 is 2.15 bits per heavy atom. The molecule has 0 aliphatic heterocycles. The van der Waals surface area contributed by atoms with Crippen LogP contribution < -0.4 is 0 Å². The summed E-state index contributed by atoms with van der Waals surface area (Å²) < 4.78 is 24.0. The Hall–Kier alpha value is -1.84. The summed E-state index contributed by atoms with van der Waals surface area (Å²) in [5.41, 5.74) is 4.22. The maximum Gasteiger partial charge on any atom is 0.266 e. The molecule has 146 valence electrons. The second-order valence-corrected chi connectivity index (χ2v) is 7.35. The standard InChI is InChI=1S/C22H32F2O2/c1-14(10-7-11-20(23)24)8-6-9-15(2)12-13-19-18(5)21(25)16(3)17(4)22(19)26/h8,11,15,25-26H,6-7,9-10,12-13H2,1-5H3/b14-8+. The molecule has 0 aliphatic rings. The summed E-state index contributed by atoms with van der Waals surface area (Å²) in [5.74, 6) is 1.05. The molecule has 0 bridgehead atoms. The van der Waals surface area contributed by atoms with E-state index in [0.29, 0.717) is 24.5 Å². The van der Waals surface area contributed by atoms with Crippen LogP contribution in [-0.4, -0.2) is 10.2 Å². The smallest absolute Gasteiger partial charge is 0.266 e. The highest BCUT2D eigenvalue weighted by molar-refractivity contribution is 5.56. The van der Waals surface area contributed by atoms with E-state index in [-0.39, 0.29) is 5.75 Å². The number of phenolic OH excluding ortho intramolecular Hbond substituents is 2. The van der Waals surface area contributed by atoms with Crippen molar-refractivity contribution < 1.29 is 19.0 Å². The molecule has 0 aromatic heterocycles. The van der Waals surface area contributed by atoms with Gasteiger partial charge in [-0.2, -0.15) is 8.78 Å². The Morgan fingerprint density at radius 2 is 1.54 bits per heavy atom. The number of hydrogen-bond acceptors (Lipinski definition) is 2. The first kappa shape index (κ1) is 22.2. The second-order valence-electron chi connectivity index (χ2n) is 7.35. The molecule has 1 aromatic carbocycles. The Labute approximate surface area is 156 Å². The number of allylic oxidation sites excluding steroid dienone is 3. The van der Waals surface area contributed by atoms with Crippen molar-refractivity contribution in [3.63, 3.8) is 0 Å². The second kappa shape index (κ2) is 10.3. The summed E-state index contributed by atoms with van der Waals surface area (Å²) in [6.45, 7) is 9.65. The van der Waals surface area contributed by atoms with Crippen molar-refractivity contribution in [2.24, 2.45) is 5.92 Å². The minimum Gasteiger partial charge on any atom is -0.507 e. The fourth-order valence-electron chi connectivity index (χ4n) is 3.15. The summed E-state index contributed by atoms with van der Waals surface area (Å²) in [7, 11) is 0. The highest BCUT2D eigenvalue weighted by atomic mass is 19.3. The van der Waals surface area contributed by atoms with Gasteiger partial charge in [-0.15, -0.1) is 0 Å². The quantitative estimate of drug-likeness (QED) is 0.369. The van der Waals surface area contributed by atoms with E-state index in [1.807, 2.05) is 27.7 Å². The summed E-state index contributed by atoms with van der Waals surface area (Å²) in [4.78, 5) is 0. The maximum absolute atomic E-state index is 12.0. The van der Waals surface area contributed by atoms with Crippen molar-refractivity contribution in [3.05, 3.63) is 46.1 Å². The van der Waals surface area contributed by atoms with E-state index in [0.717, 1.165) is 59.6 Å². The van der Waals surface area contributed by atoms with Gasteiger partial charge in [0.1, 0.15) is 11.5 Å². The van der Waals surface area contributed by atoms with Gasteiger partial charge in [0.25, 0.3) is 6.08 Å². The predicted octanol–water partition coefficient (Wildman–Crippen LogP) is 6.88. The fourth-order valence-corrected chi connectivity index (χ4v) is 3.15. The van der Waals surface area contributed by atoms with Gasteiger partial charge in [-0.25, -0.2) is 0 Å². The van der Waals surface area contributed by atoms with Crippen molar-refractivity contribution in [2.45, 2.75) is 73.1 Å². The minimum atomic E-state index is -1.61. The van der Waals surface area contributed by atoms with Crippen molar-refractivity contribution in [1.29, 1.82) is 0 Å². The molecular weight excluding hydrogens is 334 g/mol. The van der Waals surface area contributed by atoms with Crippen LogP contribution >= 0.6 is 0 Å². The van der Waals surface area contributed by atoms with Gasteiger partial charge in [0, 0.05) is 5.56 Å². The van der Waals surface area contributed by atoms with Crippen LogP contribution in [0.2, 0.25) is 0 Å². The Bertz CT molecular complexity index is 642. The van der Waals surface area contributed by atoms with Crippen LogP contribution in [0.1, 0.15) is 68.2 Å². The Balaban J connectivity index is 2.53. The maximum atomic E-state index is 12.0. The third-order valence-electron chi connectivity index (χ3n) is 5.24. The van der Waals surface area contributed by atoms with E-state index in [4.69, 9.17) is 0 Å². The lowest BCUT2D eigenvalue weighted by molar-refractivity contribution is 0.417. The third-order valence-corrected chi connectivity index (χ3v) is 5.24. The number of aromatic hydroxyl groups is 2. The topological polar surface area (TPSA) is 40.5 Å². The molecule has 4 heteroatoms. The lowest BCUT2D eigenvalue weighted by Crippen LogP contribution is -2.01. The normalized spacial score (nSPS) is 13.0. The average molecular weight is 366 g/mol. The molecule has 0 saturated heterocycles. The Morgan fingerprint density at radius 1 is 0.923 bits per heavy atom. The van der Waals surface area contributed by atoms with Crippen LogP contribution in [0.3, 0.4) is 0 Å². The molecule has 0 radical (unpaired) electrons. The average Bonchev–Trinajstić information content (AvgIpc) is 2.58. The lowest BCUT2D eigenvalue weighted by Gasteiger charge is -2.17. The van der Waals surface area contributed by atoms with E-state index in [1.54, 1.807) is 0 Å². The minimum absolute atomic E-state index is 0.278. The van der Waals surface area contributed by atoms with Crippen molar-refractivity contribution >= 4 is 0 Å². The third kappa shape index (κ3) is 6.47. The molecule has 0 saturated carbocycles. The highest BCUT2D eigenvalue weighted by Gasteiger charge is 2.16. The molecule has 1 rings (SSSR count). The van der Waals surface area contributed by atoms with Gasteiger partial charge in [-0.05, 0) is 94.9 Å². The van der Waals surface area contributed by atoms with Crippen LogP contribution in [0, 0.1) is 26.7 Å². The number of rotatable bonds is 9. The molecule has 2 nitrogen and oxygen atoms in total. The van der Waals surface area contributed by atoms with E-state index in [2.05, 4.69) is 13.0 Å². The first-order chi connectivity index (χ1) is 12.1. The van der Waals surface area contributed by atoms with Gasteiger partial charge in [0.15, 0.2) is 0 Å². The summed E-state index contributed by atoms with van der Waals surface area (Å²) in [6, 6.07) is 0. The summed E-state index contributed by atoms with van der Waals surface area (Å²) in [5, 5.41) is 20.6. The molecule has 2 N–H and O–H groups in total. The van der Waals surface area contributed by atoms with Crippen molar-refractivity contribution in [3.8, 4) is 11.5 Å². The van der Waals surface area contributed by atoms with Gasteiger partial charge >= 0.3 is 0 Å². The SMILES string of the molecule is C/C(=C\CCC(C)CCc1c(C)c(O)c(C)c(C)c1O)CCC=C(F)F. The molecule has 1 aromatic rings. The van der Waals surface area contributed by atoms with Crippen LogP contribution in [-0.2, 0) is 6.42 Å². The monoisotopic (exact) mass is 366 g/mol. The molecule has 0 spiro atoms. The van der Waals surface area contributed by atoms with Crippen molar-refractivity contribution in [1.82, 2.24) is 0 Å². The molecule has 0 amide bonds. The molecule has 26 heavy (non-hydrogen) atoms. The zero-order valence-electron chi connectivity index (χ0n) is 16.6. The lowest BCUT2D eigenvalue weighted by atomic mass is 9.91. The van der Waals surface area contributed by atoms with Gasteiger partial charge in [-0.1, -0.05) is 18.6 Å².